The summed E-state index contributed by atoms with van der Waals surface area (Å²) in [4.78, 5) is 11.0. The van der Waals surface area contributed by atoms with E-state index in [0.29, 0.717) is 30.4 Å². The quantitative estimate of drug-likeness (QED) is 0.594. The minimum Gasteiger partial charge on any atom is -0.487 e. The van der Waals surface area contributed by atoms with E-state index in [1.54, 1.807) is 6.08 Å². The standard InChI is InChI=1S/C24H28F2N4O3S/c1-3-15-10-27-24(28-11-15)29-12-18-19(13-29)20(18)14-33-23-21(25)8-17(9-22(23)26)16-4-6-30(7-5-16)34(2,31)32/h4,8-11,18-20H,3,5-7,12-14H2,1-2H3. The van der Waals surface area contributed by atoms with E-state index in [1.165, 1.54) is 16.4 Å². The van der Waals surface area contributed by atoms with Crippen LogP contribution in [0.4, 0.5) is 14.7 Å². The molecule has 1 aromatic heterocycles. The molecule has 0 bridgehead atoms. The van der Waals surface area contributed by atoms with Crippen molar-refractivity contribution in [3.8, 4) is 5.75 Å². The third-order valence-electron chi connectivity index (χ3n) is 7.18. The minimum atomic E-state index is -3.28. The van der Waals surface area contributed by atoms with Crippen LogP contribution in [0, 0.1) is 29.4 Å². The molecule has 0 spiro atoms. The van der Waals surface area contributed by atoms with Crippen LogP contribution in [0.5, 0.6) is 5.75 Å². The molecule has 2 aliphatic heterocycles. The van der Waals surface area contributed by atoms with E-state index in [9.17, 15) is 17.2 Å². The van der Waals surface area contributed by atoms with Crippen molar-refractivity contribution < 1.29 is 21.9 Å². The van der Waals surface area contributed by atoms with Gasteiger partial charge in [-0.2, -0.15) is 4.31 Å². The Labute approximate surface area is 198 Å². The van der Waals surface area contributed by atoms with E-state index >= 15 is 0 Å². The number of anilines is 1. The number of rotatable bonds is 7. The Bertz CT molecular complexity index is 1180. The number of piperidine rings is 1. The first kappa shape index (κ1) is 23.2. The van der Waals surface area contributed by atoms with Gasteiger partial charge in [0.2, 0.25) is 16.0 Å². The molecule has 0 N–H and O–H groups in total. The maximum Gasteiger partial charge on any atom is 0.225 e. The SMILES string of the molecule is CCc1cnc(N2CC3C(COc4c(F)cc(C5=CCN(S(C)(=O)=O)CC5)cc4F)C3C2)nc1. The third-order valence-corrected chi connectivity index (χ3v) is 8.45. The van der Waals surface area contributed by atoms with Crippen molar-refractivity contribution in [3.63, 3.8) is 0 Å². The lowest BCUT2D eigenvalue weighted by molar-refractivity contribution is 0.257. The van der Waals surface area contributed by atoms with Gasteiger partial charge in [0.05, 0.1) is 12.9 Å². The van der Waals surface area contributed by atoms with Crippen molar-refractivity contribution in [1.82, 2.24) is 14.3 Å². The van der Waals surface area contributed by atoms with Crippen LogP contribution in [0.3, 0.4) is 0 Å². The number of halogens is 2. The number of hydrogen-bond donors (Lipinski definition) is 0. The van der Waals surface area contributed by atoms with Crippen LogP contribution in [0.25, 0.3) is 5.57 Å². The number of hydrogen-bond acceptors (Lipinski definition) is 6. The number of aromatic nitrogens is 2. The van der Waals surface area contributed by atoms with E-state index in [0.717, 1.165) is 42.9 Å². The average molecular weight is 491 g/mol. The van der Waals surface area contributed by atoms with Gasteiger partial charge < -0.3 is 9.64 Å². The van der Waals surface area contributed by atoms with Gasteiger partial charge in [0, 0.05) is 44.5 Å². The highest BCUT2D eigenvalue weighted by molar-refractivity contribution is 7.88. The summed E-state index contributed by atoms with van der Waals surface area (Å²) in [6.45, 7) is 4.48. The van der Waals surface area contributed by atoms with Crippen molar-refractivity contribution in [3.05, 3.63) is 53.4 Å². The van der Waals surface area contributed by atoms with Crippen molar-refractivity contribution in [1.29, 1.82) is 0 Å². The Morgan fingerprint density at radius 1 is 1.12 bits per heavy atom. The Morgan fingerprint density at radius 3 is 2.29 bits per heavy atom. The second-order valence-electron chi connectivity index (χ2n) is 9.32. The fourth-order valence-corrected chi connectivity index (χ4v) is 5.80. The van der Waals surface area contributed by atoms with Gasteiger partial charge in [-0.3, -0.25) is 0 Å². The summed E-state index contributed by atoms with van der Waals surface area (Å²) in [6, 6.07) is 2.54. The highest BCUT2D eigenvalue weighted by Crippen LogP contribution is 2.52. The van der Waals surface area contributed by atoms with Gasteiger partial charge in [-0.25, -0.2) is 27.2 Å². The van der Waals surface area contributed by atoms with Crippen molar-refractivity contribution >= 4 is 21.5 Å². The Hall–Kier alpha value is -2.59. The summed E-state index contributed by atoms with van der Waals surface area (Å²) in [5.41, 5.74) is 2.25. The number of ether oxygens (including phenoxy) is 1. The van der Waals surface area contributed by atoms with E-state index in [-0.39, 0.29) is 24.8 Å². The molecule has 2 fully saturated rings. The minimum absolute atomic E-state index is 0.199. The monoisotopic (exact) mass is 490 g/mol. The zero-order valence-corrected chi connectivity index (χ0v) is 20.1. The van der Waals surface area contributed by atoms with Crippen LogP contribution in [0.15, 0.2) is 30.6 Å². The molecule has 7 nitrogen and oxygen atoms in total. The highest BCUT2D eigenvalue weighted by atomic mass is 32.2. The van der Waals surface area contributed by atoms with Crippen molar-refractivity contribution in [2.75, 3.05) is 43.9 Å². The molecule has 2 unspecified atom stereocenters. The Kier molecular flexibility index (Phi) is 6.05. The molecule has 0 amide bonds. The first-order valence-corrected chi connectivity index (χ1v) is 13.4. The zero-order valence-electron chi connectivity index (χ0n) is 19.2. The summed E-state index contributed by atoms with van der Waals surface area (Å²) in [5, 5.41) is 0. The van der Waals surface area contributed by atoms with Gasteiger partial charge in [-0.15, -0.1) is 0 Å². The van der Waals surface area contributed by atoms with Crippen LogP contribution < -0.4 is 9.64 Å². The molecule has 0 radical (unpaired) electrons. The second kappa shape index (κ2) is 8.88. The van der Waals surface area contributed by atoms with Gasteiger partial charge in [-0.05, 0) is 53.5 Å². The summed E-state index contributed by atoms with van der Waals surface area (Å²) < 4.78 is 59.7. The molecule has 10 heteroatoms. The fourth-order valence-electron chi connectivity index (χ4n) is 5.03. The molecule has 2 atom stereocenters. The molecule has 182 valence electrons. The Morgan fingerprint density at radius 2 is 1.76 bits per heavy atom. The summed E-state index contributed by atoms with van der Waals surface area (Å²) in [7, 11) is -3.28. The number of nitrogens with zero attached hydrogens (tertiary/aromatic N) is 4. The fraction of sp³-hybridized carbons (Fsp3) is 0.500. The molecule has 1 saturated heterocycles. The lowest BCUT2D eigenvalue weighted by atomic mass is 10.00. The van der Waals surface area contributed by atoms with Crippen molar-refractivity contribution in [2.24, 2.45) is 17.8 Å². The smallest absolute Gasteiger partial charge is 0.225 e. The molecular weight excluding hydrogens is 462 g/mol. The maximum atomic E-state index is 14.7. The first-order valence-electron chi connectivity index (χ1n) is 11.6. The summed E-state index contributed by atoms with van der Waals surface area (Å²) >= 11 is 0. The zero-order chi connectivity index (χ0) is 24.0. The average Bonchev–Trinajstić information content (AvgIpc) is 3.26. The second-order valence-corrected chi connectivity index (χ2v) is 11.3. The van der Waals surface area contributed by atoms with E-state index in [4.69, 9.17) is 4.74 Å². The van der Waals surface area contributed by atoms with Crippen LogP contribution in [0.2, 0.25) is 0 Å². The predicted molar refractivity (Wildman–Crippen MR) is 125 cm³/mol. The highest BCUT2D eigenvalue weighted by Gasteiger charge is 2.56. The molecule has 1 aromatic carbocycles. The van der Waals surface area contributed by atoms with Crippen LogP contribution in [-0.4, -0.2) is 61.7 Å². The lowest BCUT2D eigenvalue weighted by Crippen LogP contribution is -2.33. The number of sulfonamides is 1. The molecule has 2 aromatic rings. The topological polar surface area (TPSA) is 75.6 Å². The predicted octanol–water partition coefficient (Wildman–Crippen LogP) is 3.13. The summed E-state index contributed by atoms with van der Waals surface area (Å²) in [5.74, 6) is 0.0194. The first-order chi connectivity index (χ1) is 16.2. The molecule has 3 heterocycles. The molecule has 1 aliphatic carbocycles. The maximum absolute atomic E-state index is 14.7. The van der Waals surface area contributed by atoms with E-state index < -0.39 is 21.7 Å². The number of fused-ring (bicyclic) bond motifs is 1. The molecule has 34 heavy (non-hydrogen) atoms. The normalized spacial score (nSPS) is 24.6. The Balaban J connectivity index is 1.17. The van der Waals surface area contributed by atoms with Gasteiger partial charge >= 0.3 is 0 Å². The van der Waals surface area contributed by atoms with Gasteiger partial charge in [0.25, 0.3) is 0 Å². The summed E-state index contributed by atoms with van der Waals surface area (Å²) in [6.07, 6.45) is 7.87. The van der Waals surface area contributed by atoms with Crippen LogP contribution in [-0.2, 0) is 16.4 Å². The van der Waals surface area contributed by atoms with Gasteiger partial charge in [0.15, 0.2) is 17.4 Å². The lowest BCUT2D eigenvalue weighted by Gasteiger charge is -2.24. The largest absolute Gasteiger partial charge is 0.487 e. The van der Waals surface area contributed by atoms with E-state index in [1.807, 2.05) is 12.4 Å². The van der Waals surface area contributed by atoms with Crippen LogP contribution in [0.1, 0.15) is 24.5 Å². The van der Waals surface area contributed by atoms with E-state index in [2.05, 4.69) is 21.8 Å². The molecule has 5 rings (SSSR count). The van der Waals surface area contributed by atoms with Gasteiger partial charge in [-0.1, -0.05) is 13.0 Å². The van der Waals surface area contributed by atoms with Crippen molar-refractivity contribution in [2.45, 2.75) is 19.8 Å². The van der Waals surface area contributed by atoms with Gasteiger partial charge in [0.1, 0.15) is 0 Å². The third kappa shape index (κ3) is 4.53. The van der Waals surface area contributed by atoms with Crippen LogP contribution >= 0.6 is 0 Å². The molecule has 3 aliphatic rings. The molecular formula is C24H28F2N4O3S. The number of benzene rings is 1. The number of aryl methyl sites for hydroxylation is 1. The molecule has 1 saturated carbocycles.